The first-order valence-corrected chi connectivity index (χ1v) is 20.4. The molecular formula is C57H38N2. The molecule has 1 aromatic heterocycles. The van der Waals surface area contributed by atoms with Crippen molar-refractivity contribution in [1.29, 1.82) is 0 Å². The average Bonchev–Trinajstić information content (AvgIpc) is 3.78. The minimum Gasteiger partial charge on any atom is -0.310 e. The van der Waals surface area contributed by atoms with E-state index in [0.717, 1.165) is 22.7 Å². The normalized spacial score (nSPS) is 12.9. The summed E-state index contributed by atoms with van der Waals surface area (Å²) in [5.74, 6) is 0. The third-order valence-electron chi connectivity index (χ3n) is 12.6. The van der Waals surface area contributed by atoms with Crippen LogP contribution in [0, 0.1) is 0 Å². The van der Waals surface area contributed by atoms with Crippen LogP contribution in [0.3, 0.4) is 0 Å². The second-order valence-corrected chi connectivity index (χ2v) is 15.7. The first kappa shape index (κ1) is 33.5. The van der Waals surface area contributed by atoms with Crippen LogP contribution in [-0.2, 0) is 5.41 Å². The maximum atomic E-state index is 2.48. The van der Waals surface area contributed by atoms with Gasteiger partial charge in [-0.3, -0.25) is 0 Å². The van der Waals surface area contributed by atoms with Gasteiger partial charge in [0, 0.05) is 33.5 Å². The predicted octanol–water partition coefficient (Wildman–Crippen LogP) is 14.9. The van der Waals surface area contributed by atoms with Crippen LogP contribution < -0.4 is 4.90 Å². The first-order valence-electron chi connectivity index (χ1n) is 20.4. The fourth-order valence-electron chi connectivity index (χ4n) is 10.0. The average molecular weight is 751 g/mol. The van der Waals surface area contributed by atoms with Gasteiger partial charge in [0.15, 0.2) is 0 Å². The number of benzene rings is 10. The summed E-state index contributed by atoms with van der Waals surface area (Å²) in [6.45, 7) is 0. The molecule has 0 aliphatic heterocycles. The van der Waals surface area contributed by atoms with Crippen molar-refractivity contribution < 1.29 is 0 Å². The molecule has 2 nitrogen and oxygen atoms in total. The Morgan fingerprint density at radius 1 is 0.322 bits per heavy atom. The molecule has 0 spiro atoms. The highest BCUT2D eigenvalue weighted by molar-refractivity contribution is 6.10. The van der Waals surface area contributed by atoms with Gasteiger partial charge < -0.3 is 9.47 Å². The van der Waals surface area contributed by atoms with E-state index in [-0.39, 0.29) is 0 Å². The number of hydrogen-bond acceptors (Lipinski definition) is 1. The number of para-hydroxylation sites is 2. The molecule has 2 heteroatoms. The van der Waals surface area contributed by atoms with Crippen molar-refractivity contribution in [3.63, 3.8) is 0 Å². The highest BCUT2D eigenvalue weighted by Gasteiger charge is 2.46. The third-order valence-corrected chi connectivity index (χ3v) is 12.6. The fourth-order valence-corrected chi connectivity index (χ4v) is 10.0. The van der Waals surface area contributed by atoms with Gasteiger partial charge in [-0.2, -0.15) is 0 Å². The molecular weight excluding hydrogens is 713 g/mol. The summed E-state index contributed by atoms with van der Waals surface area (Å²) < 4.78 is 2.41. The molecule has 0 N–H and O–H groups in total. The molecule has 0 amide bonds. The number of fused-ring (bicyclic) bond motifs is 8. The molecule has 276 valence electrons. The number of anilines is 3. The molecule has 0 saturated heterocycles. The molecule has 0 atom stereocenters. The van der Waals surface area contributed by atoms with Gasteiger partial charge in [-0.1, -0.05) is 164 Å². The Morgan fingerprint density at radius 3 is 1.56 bits per heavy atom. The number of rotatable bonds is 6. The topological polar surface area (TPSA) is 8.17 Å². The molecule has 0 bridgehead atoms. The van der Waals surface area contributed by atoms with Gasteiger partial charge in [-0.05, 0) is 122 Å². The number of aromatic nitrogens is 1. The summed E-state index contributed by atoms with van der Waals surface area (Å²) in [6, 6.07) is 85.1. The van der Waals surface area contributed by atoms with Gasteiger partial charge in [-0.25, -0.2) is 0 Å². The molecule has 11 aromatic rings. The summed E-state index contributed by atoms with van der Waals surface area (Å²) >= 11 is 0. The SMILES string of the molecule is c1ccc(-n2c3ccccc3c3ccc(N(c4ccc5c(c4)C(c4ccccc4)(c4ccccc4)c4cc6ccccc6cc4-5)c4ccc5ccccc5c4)cc32)cc1. The minimum absolute atomic E-state index is 0.550. The lowest BCUT2D eigenvalue weighted by atomic mass is 9.67. The molecule has 0 saturated carbocycles. The van der Waals surface area contributed by atoms with Crippen LogP contribution >= 0.6 is 0 Å². The number of hydrogen-bond donors (Lipinski definition) is 0. The Morgan fingerprint density at radius 2 is 0.831 bits per heavy atom. The Bertz CT molecular complexity index is 3340. The molecule has 0 unspecified atom stereocenters. The van der Waals surface area contributed by atoms with E-state index in [1.807, 2.05) is 0 Å². The largest absolute Gasteiger partial charge is 0.310 e. The van der Waals surface area contributed by atoms with E-state index in [0.29, 0.717) is 0 Å². The van der Waals surface area contributed by atoms with E-state index < -0.39 is 5.41 Å². The molecule has 1 heterocycles. The van der Waals surface area contributed by atoms with Gasteiger partial charge in [0.1, 0.15) is 0 Å². The maximum Gasteiger partial charge on any atom is 0.0714 e. The van der Waals surface area contributed by atoms with Gasteiger partial charge in [0.2, 0.25) is 0 Å². The van der Waals surface area contributed by atoms with Crippen molar-refractivity contribution in [2.24, 2.45) is 0 Å². The van der Waals surface area contributed by atoms with Crippen LogP contribution in [0.1, 0.15) is 22.3 Å². The molecule has 59 heavy (non-hydrogen) atoms. The van der Waals surface area contributed by atoms with Gasteiger partial charge in [0.05, 0.1) is 16.4 Å². The Hall–Kier alpha value is -7.68. The van der Waals surface area contributed by atoms with Crippen LogP contribution in [0.2, 0.25) is 0 Å². The summed E-state index contributed by atoms with van der Waals surface area (Å²) in [7, 11) is 0. The fraction of sp³-hybridized carbons (Fsp3) is 0.0175. The van der Waals surface area contributed by atoms with Crippen LogP contribution in [0.4, 0.5) is 17.1 Å². The zero-order chi connectivity index (χ0) is 38.9. The summed E-state index contributed by atoms with van der Waals surface area (Å²) in [6.07, 6.45) is 0. The first-order chi connectivity index (χ1) is 29.3. The van der Waals surface area contributed by atoms with Crippen LogP contribution in [0.15, 0.2) is 231 Å². The quantitative estimate of drug-likeness (QED) is 0.164. The summed E-state index contributed by atoms with van der Waals surface area (Å²) in [5.41, 5.74) is 13.9. The van der Waals surface area contributed by atoms with Crippen molar-refractivity contribution in [3.05, 3.63) is 253 Å². The second kappa shape index (κ2) is 13.2. The van der Waals surface area contributed by atoms with E-state index in [2.05, 4.69) is 240 Å². The molecule has 10 aromatic carbocycles. The van der Waals surface area contributed by atoms with E-state index in [4.69, 9.17) is 0 Å². The summed E-state index contributed by atoms with van der Waals surface area (Å²) in [5, 5.41) is 7.40. The lowest BCUT2D eigenvalue weighted by Gasteiger charge is -2.35. The van der Waals surface area contributed by atoms with E-state index in [9.17, 15) is 0 Å². The number of nitrogens with zero attached hydrogens (tertiary/aromatic N) is 2. The van der Waals surface area contributed by atoms with Crippen LogP contribution in [-0.4, -0.2) is 4.57 Å². The zero-order valence-corrected chi connectivity index (χ0v) is 32.3. The van der Waals surface area contributed by atoms with Crippen LogP contribution in [0.5, 0.6) is 0 Å². The molecule has 0 radical (unpaired) electrons. The van der Waals surface area contributed by atoms with Gasteiger partial charge >= 0.3 is 0 Å². The van der Waals surface area contributed by atoms with Crippen molar-refractivity contribution in [3.8, 4) is 16.8 Å². The lowest BCUT2D eigenvalue weighted by molar-refractivity contribution is 0.769. The van der Waals surface area contributed by atoms with Crippen LogP contribution in [0.25, 0.3) is 60.2 Å². The van der Waals surface area contributed by atoms with Crippen molar-refractivity contribution >= 4 is 60.4 Å². The minimum atomic E-state index is -0.550. The standard InChI is InChI=1S/C57H38N2/c1-4-20-43(21-5-1)57(44-22-6-2-7-23-44)53-36-42-19-13-12-18-41(42)35-52(53)49-32-30-47(37-54(49)57)58(46-29-28-39-16-10-11-17-40(39)34-46)48-31-33-51-50-26-14-15-27-55(50)59(56(51)38-48)45-24-8-3-9-25-45/h1-38H. The maximum absolute atomic E-state index is 2.48. The second-order valence-electron chi connectivity index (χ2n) is 15.7. The van der Waals surface area contributed by atoms with E-state index >= 15 is 0 Å². The van der Waals surface area contributed by atoms with Crippen molar-refractivity contribution in [1.82, 2.24) is 4.57 Å². The Balaban J connectivity index is 1.16. The molecule has 1 aliphatic rings. The van der Waals surface area contributed by atoms with Gasteiger partial charge in [0.25, 0.3) is 0 Å². The molecule has 1 aliphatic carbocycles. The highest BCUT2D eigenvalue weighted by atomic mass is 15.1. The Labute approximate surface area is 343 Å². The summed E-state index contributed by atoms with van der Waals surface area (Å²) in [4.78, 5) is 2.46. The van der Waals surface area contributed by atoms with Gasteiger partial charge in [-0.15, -0.1) is 0 Å². The van der Waals surface area contributed by atoms with E-state index in [1.54, 1.807) is 0 Å². The molecule has 12 rings (SSSR count). The third kappa shape index (κ3) is 5.06. The van der Waals surface area contributed by atoms with E-state index in [1.165, 1.54) is 76.7 Å². The highest BCUT2D eigenvalue weighted by Crippen LogP contribution is 2.58. The lowest BCUT2D eigenvalue weighted by Crippen LogP contribution is -2.28. The van der Waals surface area contributed by atoms with Crippen molar-refractivity contribution in [2.75, 3.05) is 4.90 Å². The zero-order valence-electron chi connectivity index (χ0n) is 32.3. The molecule has 0 fully saturated rings. The smallest absolute Gasteiger partial charge is 0.0714 e. The monoisotopic (exact) mass is 750 g/mol. The van der Waals surface area contributed by atoms with Crippen molar-refractivity contribution in [2.45, 2.75) is 5.41 Å². The Kier molecular flexibility index (Phi) is 7.48. The predicted molar refractivity (Wildman–Crippen MR) is 248 cm³/mol.